The summed E-state index contributed by atoms with van der Waals surface area (Å²) in [6, 6.07) is 2.29. The van der Waals surface area contributed by atoms with E-state index in [1.165, 1.54) is 11.9 Å². The van der Waals surface area contributed by atoms with E-state index in [4.69, 9.17) is 4.52 Å². The molecule has 1 aliphatic rings. The van der Waals surface area contributed by atoms with Gasteiger partial charge in [-0.2, -0.15) is 18.3 Å². The third-order valence-electron chi connectivity index (χ3n) is 4.36. The summed E-state index contributed by atoms with van der Waals surface area (Å²) in [5.41, 5.74) is -0.536. The monoisotopic (exact) mass is 356 g/mol. The van der Waals surface area contributed by atoms with Crippen molar-refractivity contribution < 1.29 is 22.5 Å². The van der Waals surface area contributed by atoms with Gasteiger partial charge >= 0.3 is 6.18 Å². The summed E-state index contributed by atoms with van der Waals surface area (Å²) in [7, 11) is 1.17. The molecule has 0 aromatic carbocycles. The first-order valence-corrected chi connectivity index (χ1v) is 8.07. The Labute approximate surface area is 142 Å². The van der Waals surface area contributed by atoms with Crippen LogP contribution in [0, 0.1) is 0 Å². The number of halogens is 3. The van der Waals surface area contributed by atoms with Gasteiger partial charge in [0, 0.05) is 31.6 Å². The molecule has 0 radical (unpaired) electrons. The molecule has 1 atom stereocenters. The van der Waals surface area contributed by atoms with E-state index in [0.717, 1.165) is 12.5 Å². The van der Waals surface area contributed by atoms with Crippen LogP contribution in [0.1, 0.15) is 66.3 Å². The number of hydrogen-bond donors (Lipinski definition) is 0. The highest BCUT2D eigenvalue weighted by molar-refractivity contribution is 5.93. The molecule has 2 aromatic rings. The van der Waals surface area contributed by atoms with Crippen molar-refractivity contribution >= 4 is 5.91 Å². The molecule has 0 saturated carbocycles. The third kappa shape index (κ3) is 3.27. The SMILES string of the molecule is CC(C)c1cc(C2CCCN2C(=O)c2cc(C(F)(F)F)n(C)n2)no1. The fourth-order valence-electron chi connectivity index (χ4n) is 3.03. The summed E-state index contributed by atoms with van der Waals surface area (Å²) in [6.45, 7) is 4.38. The number of aryl methyl sites for hydroxylation is 1. The van der Waals surface area contributed by atoms with Crippen molar-refractivity contribution in [2.24, 2.45) is 7.05 Å². The summed E-state index contributed by atoms with van der Waals surface area (Å²) in [5.74, 6) is 0.353. The Bertz CT molecular complexity index is 779. The molecule has 2 aromatic heterocycles. The summed E-state index contributed by atoms with van der Waals surface area (Å²) < 4.78 is 44.7. The molecule has 0 aliphatic carbocycles. The zero-order chi connectivity index (χ0) is 18.4. The van der Waals surface area contributed by atoms with Gasteiger partial charge in [-0.1, -0.05) is 19.0 Å². The minimum Gasteiger partial charge on any atom is -0.361 e. The summed E-state index contributed by atoms with van der Waals surface area (Å²) in [5, 5.41) is 7.78. The number of carbonyl (C=O) groups excluding carboxylic acids is 1. The normalized spacial score (nSPS) is 18.4. The minimum absolute atomic E-state index is 0.164. The molecular formula is C16H19F3N4O2. The number of amides is 1. The zero-order valence-corrected chi connectivity index (χ0v) is 14.2. The maximum absolute atomic E-state index is 12.9. The molecule has 136 valence electrons. The quantitative estimate of drug-likeness (QED) is 0.844. The van der Waals surface area contributed by atoms with Crippen LogP contribution in [0.25, 0.3) is 0 Å². The highest BCUT2D eigenvalue weighted by Gasteiger charge is 2.38. The van der Waals surface area contributed by atoms with Crippen LogP contribution >= 0.6 is 0 Å². The molecule has 25 heavy (non-hydrogen) atoms. The first-order chi connectivity index (χ1) is 11.7. The molecule has 3 rings (SSSR count). The predicted molar refractivity (Wildman–Crippen MR) is 81.8 cm³/mol. The van der Waals surface area contributed by atoms with E-state index in [2.05, 4.69) is 10.3 Å². The van der Waals surface area contributed by atoms with Crippen molar-refractivity contribution in [1.82, 2.24) is 19.8 Å². The molecule has 0 bridgehead atoms. The molecule has 0 N–H and O–H groups in total. The molecule has 9 heteroatoms. The average Bonchev–Trinajstić information content (AvgIpc) is 3.23. The first-order valence-electron chi connectivity index (χ1n) is 8.07. The molecule has 1 amide bonds. The fourth-order valence-corrected chi connectivity index (χ4v) is 3.03. The van der Waals surface area contributed by atoms with Gasteiger partial charge in [-0.25, -0.2) is 0 Å². The van der Waals surface area contributed by atoms with Crippen LogP contribution in [0.3, 0.4) is 0 Å². The molecule has 6 nitrogen and oxygen atoms in total. The highest BCUT2D eigenvalue weighted by atomic mass is 19.4. The second kappa shape index (κ2) is 6.20. The smallest absolute Gasteiger partial charge is 0.361 e. The van der Waals surface area contributed by atoms with Gasteiger partial charge in [-0.15, -0.1) is 0 Å². The Balaban J connectivity index is 1.86. The minimum atomic E-state index is -4.55. The number of aromatic nitrogens is 3. The van der Waals surface area contributed by atoms with Crippen LogP contribution in [0.4, 0.5) is 13.2 Å². The summed E-state index contributed by atoms with van der Waals surface area (Å²) in [4.78, 5) is 14.2. The largest absolute Gasteiger partial charge is 0.433 e. The number of rotatable bonds is 3. The van der Waals surface area contributed by atoms with E-state index in [9.17, 15) is 18.0 Å². The van der Waals surface area contributed by atoms with Gasteiger partial charge in [0.15, 0.2) is 5.69 Å². The lowest BCUT2D eigenvalue weighted by Crippen LogP contribution is -2.31. The van der Waals surface area contributed by atoms with Gasteiger partial charge in [0.25, 0.3) is 5.91 Å². The molecule has 1 saturated heterocycles. The van der Waals surface area contributed by atoms with E-state index in [0.29, 0.717) is 29.1 Å². The van der Waals surface area contributed by atoms with Crippen molar-refractivity contribution in [1.29, 1.82) is 0 Å². The van der Waals surface area contributed by atoms with Gasteiger partial charge < -0.3 is 9.42 Å². The molecule has 1 unspecified atom stereocenters. The maximum atomic E-state index is 12.9. The van der Waals surface area contributed by atoms with Crippen molar-refractivity contribution in [3.8, 4) is 0 Å². The predicted octanol–water partition coefficient (Wildman–Crippen LogP) is 3.53. The van der Waals surface area contributed by atoms with Crippen molar-refractivity contribution in [2.75, 3.05) is 6.54 Å². The van der Waals surface area contributed by atoms with Gasteiger partial charge in [0.1, 0.15) is 17.1 Å². The van der Waals surface area contributed by atoms with E-state index in [1.54, 1.807) is 6.07 Å². The Morgan fingerprint density at radius 2 is 2.08 bits per heavy atom. The second-order valence-corrected chi connectivity index (χ2v) is 6.50. The van der Waals surface area contributed by atoms with Crippen molar-refractivity contribution in [3.05, 3.63) is 35.0 Å². The van der Waals surface area contributed by atoms with Crippen LogP contribution in [-0.2, 0) is 13.2 Å². The average molecular weight is 356 g/mol. The molecule has 1 fully saturated rings. The van der Waals surface area contributed by atoms with Crippen LogP contribution < -0.4 is 0 Å². The van der Waals surface area contributed by atoms with Crippen molar-refractivity contribution in [2.45, 2.75) is 44.8 Å². The number of carbonyl (C=O) groups is 1. The molecule has 3 heterocycles. The Morgan fingerprint density at radius 3 is 2.64 bits per heavy atom. The van der Waals surface area contributed by atoms with Gasteiger partial charge in [0.05, 0.1) is 6.04 Å². The standard InChI is InChI=1S/C16H19F3N4O2/c1-9(2)13-7-10(21-25-13)12-5-4-6-23(12)15(24)11-8-14(16(17,18)19)22(3)20-11/h7-9,12H,4-6H2,1-3H3. The molecule has 0 spiro atoms. The van der Waals surface area contributed by atoms with E-state index in [1.807, 2.05) is 13.8 Å². The Hall–Kier alpha value is -2.32. The summed E-state index contributed by atoms with van der Waals surface area (Å²) in [6.07, 6.45) is -3.11. The van der Waals surface area contributed by atoms with Crippen LogP contribution in [0.2, 0.25) is 0 Å². The number of hydrogen-bond acceptors (Lipinski definition) is 4. The third-order valence-corrected chi connectivity index (χ3v) is 4.36. The molecule has 1 aliphatic heterocycles. The first kappa shape index (κ1) is 17.5. The van der Waals surface area contributed by atoms with Gasteiger partial charge in [-0.3, -0.25) is 9.48 Å². The summed E-state index contributed by atoms with van der Waals surface area (Å²) >= 11 is 0. The lowest BCUT2D eigenvalue weighted by Gasteiger charge is -2.21. The number of alkyl halides is 3. The maximum Gasteiger partial charge on any atom is 0.433 e. The van der Waals surface area contributed by atoms with E-state index in [-0.39, 0.29) is 17.7 Å². The van der Waals surface area contributed by atoms with Crippen LogP contribution in [0.15, 0.2) is 16.7 Å². The highest BCUT2D eigenvalue weighted by Crippen LogP contribution is 2.35. The van der Waals surface area contributed by atoms with E-state index >= 15 is 0 Å². The van der Waals surface area contributed by atoms with Crippen molar-refractivity contribution in [3.63, 3.8) is 0 Å². The van der Waals surface area contributed by atoms with E-state index < -0.39 is 17.8 Å². The zero-order valence-electron chi connectivity index (χ0n) is 14.2. The lowest BCUT2D eigenvalue weighted by atomic mass is 10.1. The van der Waals surface area contributed by atoms with Gasteiger partial charge in [0.2, 0.25) is 0 Å². The lowest BCUT2D eigenvalue weighted by molar-refractivity contribution is -0.143. The number of nitrogens with zero attached hydrogens (tertiary/aromatic N) is 4. The van der Waals surface area contributed by atoms with Crippen LogP contribution in [0.5, 0.6) is 0 Å². The number of likely N-dealkylation sites (tertiary alicyclic amines) is 1. The second-order valence-electron chi connectivity index (χ2n) is 6.50. The Morgan fingerprint density at radius 1 is 1.36 bits per heavy atom. The van der Waals surface area contributed by atoms with Gasteiger partial charge in [-0.05, 0) is 12.8 Å². The fraction of sp³-hybridized carbons (Fsp3) is 0.562. The topological polar surface area (TPSA) is 64.2 Å². The Kier molecular flexibility index (Phi) is 4.34. The molecular weight excluding hydrogens is 337 g/mol. The van der Waals surface area contributed by atoms with Crippen LogP contribution in [-0.4, -0.2) is 32.3 Å².